The fourth-order valence-corrected chi connectivity index (χ4v) is 3.19. The van der Waals surface area contributed by atoms with E-state index in [2.05, 4.69) is 16.3 Å². The number of urea groups is 1. The van der Waals surface area contributed by atoms with Crippen LogP contribution in [0.15, 0.2) is 54.6 Å². The minimum Gasteiger partial charge on any atom is -0.478 e. The van der Waals surface area contributed by atoms with Crippen LogP contribution in [0.2, 0.25) is 0 Å². The van der Waals surface area contributed by atoms with E-state index in [1.54, 1.807) is 17.0 Å². The number of rotatable bonds is 5. The average Bonchev–Trinajstić information content (AvgIpc) is 2.73. The van der Waals surface area contributed by atoms with Crippen molar-refractivity contribution in [3.8, 4) is 6.07 Å². The second-order valence-corrected chi connectivity index (χ2v) is 6.71. The number of aromatic carboxylic acids is 1. The smallest absolute Gasteiger partial charge is 0.335 e. The van der Waals surface area contributed by atoms with Crippen molar-refractivity contribution in [2.75, 3.05) is 19.6 Å². The highest BCUT2D eigenvalue weighted by Gasteiger charge is 2.29. The van der Waals surface area contributed by atoms with E-state index in [0.717, 1.165) is 11.1 Å². The van der Waals surface area contributed by atoms with Gasteiger partial charge in [-0.15, -0.1) is 0 Å². The van der Waals surface area contributed by atoms with Crippen LogP contribution in [0, 0.1) is 11.3 Å². The topological polar surface area (TPSA) is 96.7 Å². The van der Waals surface area contributed by atoms with E-state index in [9.17, 15) is 14.9 Å². The quantitative estimate of drug-likeness (QED) is 0.832. The van der Waals surface area contributed by atoms with E-state index in [1.165, 1.54) is 12.1 Å². The molecule has 7 heteroatoms. The lowest BCUT2D eigenvalue weighted by molar-refractivity contribution is 0.0696. The predicted octanol–water partition coefficient (Wildman–Crippen LogP) is 2.30. The number of nitrogens with one attached hydrogen (secondary N) is 1. The van der Waals surface area contributed by atoms with Crippen molar-refractivity contribution < 1.29 is 14.7 Å². The Kier molecular flexibility index (Phi) is 6.25. The molecular weight excluding hydrogens is 356 g/mol. The number of hydrogen-bond donors (Lipinski definition) is 2. The van der Waals surface area contributed by atoms with Crippen molar-refractivity contribution in [3.05, 3.63) is 71.3 Å². The molecule has 3 rings (SSSR count). The van der Waals surface area contributed by atoms with Gasteiger partial charge >= 0.3 is 12.0 Å². The minimum atomic E-state index is -0.980. The second kappa shape index (κ2) is 9.02. The van der Waals surface area contributed by atoms with Crippen LogP contribution < -0.4 is 5.32 Å². The van der Waals surface area contributed by atoms with Crippen LogP contribution in [0.1, 0.15) is 21.5 Å². The number of carboxylic acid groups (broad SMARTS) is 1. The lowest BCUT2D eigenvalue weighted by Gasteiger charge is -2.38. The van der Waals surface area contributed by atoms with Crippen molar-refractivity contribution in [1.29, 1.82) is 5.26 Å². The highest BCUT2D eigenvalue weighted by Crippen LogP contribution is 2.14. The number of carbonyl (C=O) groups excluding carboxylic acids is 1. The molecule has 1 heterocycles. The monoisotopic (exact) mass is 378 g/mol. The molecule has 1 fully saturated rings. The molecule has 1 aliphatic rings. The number of benzene rings is 2. The molecule has 1 saturated heterocycles. The van der Waals surface area contributed by atoms with Crippen LogP contribution in [0.4, 0.5) is 4.79 Å². The van der Waals surface area contributed by atoms with E-state index in [4.69, 9.17) is 5.11 Å². The molecule has 0 aliphatic carbocycles. The van der Waals surface area contributed by atoms with Gasteiger partial charge in [0, 0.05) is 26.2 Å². The van der Waals surface area contributed by atoms with Crippen molar-refractivity contribution in [2.24, 2.45) is 0 Å². The summed E-state index contributed by atoms with van der Waals surface area (Å²) in [6.45, 7) is 2.53. The zero-order valence-corrected chi connectivity index (χ0v) is 15.4. The summed E-state index contributed by atoms with van der Waals surface area (Å²) < 4.78 is 0. The summed E-state index contributed by atoms with van der Waals surface area (Å²) in [5, 5.41) is 21.3. The first-order chi connectivity index (χ1) is 13.6. The maximum Gasteiger partial charge on any atom is 0.335 e. The summed E-state index contributed by atoms with van der Waals surface area (Å²) in [6, 6.07) is 18.1. The van der Waals surface area contributed by atoms with E-state index >= 15 is 0 Å². The number of carboxylic acids is 1. The van der Waals surface area contributed by atoms with Crippen molar-refractivity contribution in [1.82, 2.24) is 15.1 Å². The molecule has 2 amide bonds. The molecule has 1 atom stereocenters. The largest absolute Gasteiger partial charge is 0.478 e. The van der Waals surface area contributed by atoms with E-state index in [-0.39, 0.29) is 17.6 Å². The van der Waals surface area contributed by atoms with E-state index in [1.807, 2.05) is 30.3 Å². The summed E-state index contributed by atoms with van der Waals surface area (Å²) in [5.41, 5.74) is 2.17. The molecule has 7 nitrogen and oxygen atoms in total. The van der Waals surface area contributed by atoms with Crippen LogP contribution >= 0.6 is 0 Å². The fraction of sp³-hybridized carbons (Fsp3) is 0.286. The molecule has 0 aromatic heterocycles. The summed E-state index contributed by atoms with van der Waals surface area (Å²) in [7, 11) is 0. The summed E-state index contributed by atoms with van der Waals surface area (Å²) in [5.74, 6) is -0.980. The Morgan fingerprint density at radius 1 is 1.07 bits per heavy atom. The van der Waals surface area contributed by atoms with Gasteiger partial charge in [-0.05, 0) is 23.3 Å². The highest BCUT2D eigenvalue weighted by atomic mass is 16.4. The maximum atomic E-state index is 12.5. The molecule has 1 unspecified atom stereocenters. The Morgan fingerprint density at radius 2 is 1.79 bits per heavy atom. The number of carbonyl (C=O) groups is 2. The fourth-order valence-electron chi connectivity index (χ4n) is 3.19. The molecule has 0 spiro atoms. The number of piperazine rings is 1. The zero-order valence-electron chi connectivity index (χ0n) is 15.4. The Bertz CT molecular complexity index is 861. The third-order valence-electron chi connectivity index (χ3n) is 4.80. The number of nitrogens with zero attached hydrogens (tertiary/aromatic N) is 3. The Balaban J connectivity index is 1.52. The Hall–Kier alpha value is -3.37. The predicted molar refractivity (Wildman–Crippen MR) is 103 cm³/mol. The third-order valence-corrected chi connectivity index (χ3v) is 4.80. The standard InChI is InChI=1S/C21H22N4O3/c22-12-19-15-25(11-10-24(19)14-17-4-2-1-3-5-17)21(28)23-13-16-6-8-18(9-7-16)20(26)27/h1-9,19H,10-11,13-15H2,(H,23,28)(H,26,27). The first-order valence-electron chi connectivity index (χ1n) is 9.09. The average molecular weight is 378 g/mol. The van der Waals surface area contributed by atoms with Crippen molar-refractivity contribution >= 4 is 12.0 Å². The van der Waals surface area contributed by atoms with Gasteiger partial charge < -0.3 is 15.3 Å². The number of nitriles is 1. The summed E-state index contributed by atoms with van der Waals surface area (Å²) in [6.07, 6.45) is 0. The normalized spacial score (nSPS) is 17.0. The zero-order chi connectivity index (χ0) is 19.9. The summed E-state index contributed by atoms with van der Waals surface area (Å²) in [4.78, 5) is 27.1. The van der Waals surface area contributed by atoms with Crippen LogP contribution in [-0.4, -0.2) is 52.6 Å². The maximum absolute atomic E-state index is 12.5. The van der Waals surface area contributed by atoms with Gasteiger partial charge in [0.1, 0.15) is 6.04 Å². The van der Waals surface area contributed by atoms with E-state index < -0.39 is 5.97 Å². The van der Waals surface area contributed by atoms with Gasteiger partial charge in [0.2, 0.25) is 0 Å². The molecule has 28 heavy (non-hydrogen) atoms. The van der Waals surface area contributed by atoms with Gasteiger partial charge in [0.05, 0.1) is 18.2 Å². The van der Waals surface area contributed by atoms with Crippen LogP contribution in [0.3, 0.4) is 0 Å². The van der Waals surface area contributed by atoms with Gasteiger partial charge in [-0.2, -0.15) is 5.26 Å². The van der Waals surface area contributed by atoms with Crippen LogP contribution in [-0.2, 0) is 13.1 Å². The number of hydrogen-bond acceptors (Lipinski definition) is 4. The van der Waals surface area contributed by atoms with Gasteiger partial charge in [0.15, 0.2) is 0 Å². The van der Waals surface area contributed by atoms with Gasteiger partial charge in [-0.25, -0.2) is 9.59 Å². The van der Waals surface area contributed by atoms with Gasteiger partial charge in [0.25, 0.3) is 0 Å². The van der Waals surface area contributed by atoms with Crippen LogP contribution in [0.5, 0.6) is 0 Å². The highest BCUT2D eigenvalue weighted by molar-refractivity contribution is 5.87. The van der Waals surface area contributed by atoms with Crippen molar-refractivity contribution in [2.45, 2.75) is 19.1 Å². The lowest BCUT2D eigenvalue weighted by Crippen LogP contribution is -2.55. The van der Waals surface area contributed by atoms with Gasteiger partial charge in [-0.1, -0.05) is 42.5 Å². The van der Waals surface area contributed by atoms with Crippen LogP contribution in [0.25, 0.3) is 0 Å². The molecule has 1 aliphatic heterocycles. The Labute approximate surface area is 163 Å². The molecule has 144 valence electrons. The molecule has 0 saturated carbocycles. The molecule has 2 aromatic carbocycles. The number of amides is 2. The Morgan fingerprint density at radius 3 is 2.43 bits per heavy atom. The second-order valence-electron chi connectivity index (χ2n) is 6.71. The van der Waals surface area contributed by atoms with Gasteiger partial charge in [-0.3, -0.25) is 4.90 Å². The molecule has 2 aromatic rings. The molecular formula is C21H22N4O3. The minimum absolute atomic E-state index is 0.210. The molecule has 0 bridgehead atoms. The van der Waals surface area contributed by atoms with E-state index in [0.29, 0.717) is 32.7 Å². The SMILES string of the molecule is N#CC1CN(C(=O)NCc2ccc(C(=O)O)cc2)CCN1Cc1ccccc1. The first kappa shape index (κ1) is 19.4. The first-order valence-corrected chi connectivity index (χ1v) is 9.09. The lowest BCUT2D eigenvalue weighted by atomic mass is 10.1. The molecule has 0 radical (unpaired) electrons. The third kappa shape index (κ3) is 4.87. The van der Waals surface area contributed by atoms with Crippen molar-refractivity contribution in [3.63, 3.8) is 0 Å². The molecule has 2 N–H and O–H groups in total. The summed E-state index contributed by atoms with van der Waals surface area (Å²) >= 11 is 0.